The summed E-state index contributed by atoms with van der Waals surface area (Å²) < 4.78 is 5.28. The summed E-state index contributed by atoms with van der Waals surface area (Å²) in [7, 11) is 1.64. The van der Waals surface area contributed by atoms with Gasteiger partial charge in [0.1, 0.15) is 0 Å². The van der Waals surface area contributed by atoms with Crippen molar-refractivity contribution >= 4 is 22.6 Å². The molecule has 0 bridgehead atoms. The summed E-state index contributed by atoms with van der Waals surface area (Å²) in [6, 6.07) is 10.3. The van der Waals surface area contributed by atoms with Crippen LogP contribution in [0.25, 0.3) is 11.0 Å². The molecule has 0 spiro atoms. The fourth-order valence-corrected chi connectivity index (χ4v) is 3.89. The van der Waals surface area contributed by atoms with Crippen LogP contribution in [-0.4, -0.2) is 52.6 Å². The van der Waals surface area contributed by atoms with Crippen molar-refractivity contribution in [3.05, 3.63) is 59.0 Å². The lowest BCUT2D eigenvalue weighted by Gasteiger charge is -2.32. The molecule has 4 rings (SSSR count). The molecule has 0 aliphatic carbocycles. The Bertz CT molecular complexity index is 942. The number of ether oxygens (including phenoxy) is 1. The van der Waals surface area contributed by atoms with Crippen molar-refractivity contribution in [3.8, 4) is 5.88 Å². The van der Waals surface area contributed by atoms with Gasteiger partial charge < -0.3 is 15.0 Å². The predicted molar refractivity (Wildman–Crippen MR) is 115 cm³/mol. The highest BCUT2D eigenvalue weighted by molar-refractivity contribution is 6.30. The number of pyridine rings is 3. The summed E-state index contributed by atoms with van der Waals surface area (Å²) in [5.74, 6) is 0.633. The highest BCUT2D eigenvalue weighted by atomic mass is 35.5. The van der Waals surface area contributed by atoms with Gasteiger partial charge in [-0.15, -0.1) is 0 Å². The molecular weight excluding hydrogens is 386 g/mol. The fourth-order valence-electron chi connectivity index (χ4n) is 3.78. The van der Waals surface area contributed by atoms with Gasteiger partial charge in [-0.1, -0.05) is 11.6 Å². The zero-order chi connectivity index (χ0) is 20.1. The number of nitrogens with one attached hydrogen (secondary N) is 1. The number of piperidine rings is 1. The molecule has 0 atom stereocenters. The van der Waals surface area contributed by atoms with E-state index in [9.17, 15) is 0 Å². The molecule has 3 aromatic heterocycles. The van der Waals surface area contributed by atoms with E-state index in [-0.39, 0.29) is 0 Å². The van der Waals surface area contributed by atoms with Gasteiger partial charge in [0.25, 0.3) is 0 Å². The van der Waals surface area contributed by atoms with Crippen LogP contribution in [0.3, 0.4) is 0 Å². The smallest absolute Gasteiger partial charge is 0.213 e. The van der Waals surface area contributed by atoms with Gasteiger partial charge in [0.15, 0.2) is 0 Å². The molecule has 0 amide bonds. The number of likely N-dealkylation sites (tertiary alicyclic amines) is 1. The molecule has 29 heavy (non-hydrogen) atoms. The molecule has 152 valence electrons. The van der Waals surface area contributed by atoms with Crippen molar-refractivity contribution in [2.75, 3.05) is 26.7 Å². The maximum atomic E-state index is 5.90. The van der Waals surface area contributed by atoms with E-state index in [2.05, 4.69) is 31.2 Å². The van der Waals surface area contributed by atoms with E-state index in [1.54, 1.807) is 13.3 Å². The van der Waals surface area contributed by atoms with Gasteiger partial charge in [-0.2, -0.15) is 0 Å². The zero-order valence-corrected chi connectivity index (χ0v) is 17.4. The molecule has 1 aliphatic rings. The lowest BCUT2D eigenvalue weighted by Crippen LogP contribution is -2.42. The van der Waals surface area contributed by atoms with Crippen LogP contribution in [0.5, 0.6) is 5.88 Å². The normalized spacial score (nSPS) is 15.7. The number of hydrogen-bond acceptors (Lipinski definition) is 6. The van der Waals surface area contributed by atoms with Crippen molar-refractivity contribution in [2.45, 2.75) is 31.8 Å². The number of fused-ring (bicyclic) bond motifs is 1. The standard InChI is InChI=1S/C22H26ClN5O/c1-29-21-5-4-20-22(27-21)16(6-10-24-20)7-11-28-12-8-18(9-13-28)26-15-19-3-2-17(23)14-25-19/h2-6,10,14,18,26H,7-9,11-13,15H2,1H3. The summed E-state index contributed by atoms with van der Waals surface area (Å²) in [5.41, 5.74) is 4.12. The zero-order valence-electron chi connectivity index (χ0n) is 16.6. The second kappa shape index (κ2) is 9.48. The van der Waals surface area contributed by atoms with E-state index < -0.39 is 0 Å². The molecule has 0 unspecified atom stereocenters. The molecule has 7 heteroatoms. The third-order valence-electron chi connectivity index (χ3n) is 5.50. The van der Waals surface area contributed by atoms with Crippen LogP contribution in [0, 0.1) is 0 Å². The SMILES string of the molecule is COc1ccc2nccc(CCN3CCC(NCc4ccc(Cl)cn4)CC3)c2n1. The lowest BCUT2D eigenvalue weighted by atomic mass is 10.0. The topological polar surface area (TPSA) is 63.2 Å². The molecule has 0 aromatic carbocycles. The maximum absolute atomic E-state index is 5.90. The van der Waals surface area contributed by atoms with E-state index in [0.29, 0.717) is 16.9 Å². The van der Waals surface area contributed by atoms with Crippen molar-refractivity contribution in [1.82, 2.24) is 25.2 Å². The molecule has 1 saturated heterocycles. The molecule has 1 N–H and O–H groups in total. The highest BCUT2D eigenvalue weighted by Gasteiger charge is 2.19. The minimum atomic E-state index is 0.538. The molecule has 6 nitrogen and oxygen atoms in total. The molecule has 0 radical (unpaired) electrons. The first-order chi connectivity index (χ1) is 14.2. The number of hydrogen-bond donors (Lipinski definition) is 1. The van der Waals surface area contributed by atoms with Gasteiger partial charge in [-0.05, 0) is 62.2 Å². The van der Waals surface area contributed by atoms with Crippen LogP contribution in [0.2, 0.25) is 5.02 Å². The average molecular weight is 412 g/mol. The monoisotopic (exact) mass is 411 g/mol. The first-order valence-corrected chi connectivity index (χ1v) is 10.4. The van der Waals surface area contributed by atoms with Gasteiger partial charge in [-0.3, -0.25) is 9.97 Å². The molecule has 3 aromatic rings. The number of aromatic nitrogens is 3. The Hall–Kier alpha value is -2.28. The molecular formula is C22H26ClN5O. The Morgan fingerprint density at radius 1 is 1.14 bits per heavy atom. The van der Waals surface area contributed by atoms with Crippen molar-refractivity contribution in [3.63, 3.8) is 0 Å². The minimum absolute atomic E-state index is 0.538. The number of methoxy groups -OCH3 is 1. The fraction of sp³-hybridized carbons (Fsp3) is 0.409. The Kier molecular flexibility index (Phi) is 6.54. The van der Waals surface area contributed by atoms with E-state index in [0.717, 1.165) is 62.2 Å². The van der Waals surface area contributed by atoms with Crippen LogP contribution < -0.4 is 10.1 Å². The third-order valence-corrected chi connectivity index (χ3v) is 5.72. The summed E-state index contributed by atoms with van der Waals surface area (Å²) in [4.78, 5) is 15.9. The van der Waals surface area contributed by atoms with Crippen molar-refractivity contribution < 1.29 is 4.74 Å². The Balaban J connectivity index is 1.27. The number of rotatable bonds is 7. The van der Waals surface area contributed by atoms with Gasteiger partial charge in [0, 0.05) is 37.6 Å². The van der Waals surface area contributed by atoms with Gasteiger partial charge in [-0.25, -0.2) is 4.98 Å². The Morgan fingerprint density at radius 2 is 2.00 bits per heavy atom. The van der Waals surface area contributed by atoms with Crippen LogP contribution >= 0.6 is 11.6 Å². The average Bonchev–Trinajstić information content (AvgIpc) is 2.77. The molecule has 0 saturated carbocycles. The molecule has 1 aliphatic heterocycles. The van der Waals surface area contributed by atoms with Crippen LogP contribution in [0.1, 0.15) is 24.1 Å². The van der Waals surface area contributed by atoms with Crippen LogP contribution in [-0.2, 0) is 13.0 Å². The first kappa shape index (κ1) is 20.0. The van der Waals surface area contributed by atoms with Gasteiger partial charge in [0.05, 0.1) is 28.9 Å². The quantitative estimate of drug-likeness (QED) is 0.642. The maximum Gasteiger partial charge on any atom is 0.213 e. The van der Waals surface area contributed by atoms with Crippen molar-refractivity contribution in [1.29, 1.82) is 0 Å². The largest absolute Gasteiger partial charge is 0.481 e. The minimum Gasteiger partial charge on any atom is -0.481 e. The van der Waals surface area contributed by atoms with Crippen molar-refractivity contribution in [2.24, 2.45) is 0 Å². The molecule has 4 heterocycles. The van der Waals surface area contributed by atoms with E-state index in [1.165, 1.54) is 5.56 Å². The number of halogens is 1. The van der Waals surface area contributed by atoms with Gasteiger partial charge in [0.2, 0.25) is 5.88 Å². The second-order valence-electron chi connectivity index (χ2n) is 7.41. The predicted octanol–water partition coefficient (Wildman–Crippen LogP) is 3.48. The third kappa shape index (κ3) is 5.21. The van der Waals surface area contributed by atoms with Gasteiger partial charge >= 0.3 is 0 Å². The number of nitrogens with zero attached hydrogens (tertiary/aromatic N) is 4. The first-order valence-electron chi connectivity index (χ1n) is 10.1. The second-order valence-corrected chi connectivity index (χ2v) is 7.84. The van der Waals surface area contributed by atoms with E-state index in [4.69, 9.17) is 16.3 Å². The highest BCUT2D eigenvalue weighted by Crippen LogP contribution is 2.20. The summed E-state index contributed by atoms with van der Waals surface area (Å²) >= 11 is 5.90. The van der Waals surface area contributed by atoms with E-state index >= 15 is 0 Å². The summed E-state index contributed by atoms with van der Waals surface area (Å²) in [5, 5.41) is 4.30. The van der Waals surface area contributed by atoms with Crippen LogP contribution in [0.4, 0.5) is 0 Å². The summed E-state index contributed by atoms with van der Waals surface area (Å²) in [6.45, 7) is 4.03. The molecule has 1 fully saturated rings. The Morgan fingerprint density at radius 3 is 2.76 bits per heavy atom. The summed E-state index contributed by atoms with van der Waals surface area (Å²) in [6.07, 6.45) is 6.83. The Labute approximate surface area is 176 Å². The van der Waals surface area contributed by atoms with Crippen LogP contribution in [0.15, 0.2) is 42.7 Å². The van der Waals surface area contributed by atoms with E-state index in [1.807, 2.05) is 30.5 Å². The lowest BCUT2D eigenvalue weighted by molar-refractivity contribution is 0.199.